The van der Waals surface area contributed by atoms with Crippen LogP contribution >= 0.6 is 0 Å². The standard InChI is InChI=1S/C21H25N3O/c1-15(25)7-3-2-4-10-19(22)21-23-14-20(24-21)18-12-11-16-8-5-6-9-17(16)13-18/h5-6,8-9,11-14,19H,2-4,7,10,22H2,1H3,(H,23,24)/t19-/m0/s1. The molecule has 0 radical (unpaired) electrons. The normalized spacial score (nSPS) is 12.4. The Morgan fingerprint density at radius 3 is 2.72 bits per heavy atom. The van der Waals surface area contributed by atoms with Crippen LogP contribution in [0.5, 0.6) is 0 Å². The van der Waals surface area contributed by atoms with Crippen molar-refractivity contribution in [2.75, 3.05) is 0 Å². The summed E-state index contributed by atoms with van der Waals surface area (Å²) in [6, 6.07) is 14.6. The van der Waals surface area contributed by atoms with Crippen molar-refractivity contribution in [2.24, 2.45) is 5.73 Å². The Morgan fingerprint density at radius 1 is 1.12 bits per heavy atom. The fraction of sp³-hybridized carbons (Fsp3) is 0.333. The molecule has 0 amide bonds. The largest absolute Gasteiger partial charge is 0.341 e. The van der Waals surface area contributed by atoms with Gasteiger partial charge in [0.25, 0.3) is 0 Å². The molecule has 0 saturated carbocycles. The Hall–Kier alpha value is -2.46. The molecule has 0 spiro atoms. The number of fused-ring (bicyclic) bond motifs is 1. The van der Waals surface area contributed by atoms with Crippen LogP contribution in [-0.4, -0.2) is 15.8 Å². The number of rotatable bonds is 8. The Bertz CT molecular complexity index is 853. The predicted molar refractivity (Wildman–Crippen MR) is 102 cm³/mol. The highest BCUT2D eigenvalue weighted by Crippen LogP contribution is 2.24. The highest BCUT2D eigenvalue weighted by atomic mass is 16.1. The summed E-state index contributed by atoms with van der Waals surface area (Å²) >= 11 is 0. The second-order valence-corrected chi connectivity index (χ2v) is 6.65. The zero-order valence-corrected chi connectivity index (χ0v) is 14.7. The number of nitrogens with zero attached hydrogens (tertiary/aromatic N) is 1. The van der Waals surface area contributed by atoms with Crippen molar-refractivity contribution in [3.63, 3.8) is 0 Å². The van der Waals surface area contributed by atoms with E-state index >= 15 is 0 Å². The molecule has 4 nitrogen and oxygen atoms in total. The van der Waals surface area contributed by atoms with Gasteiger partial charge in [-0.2, -0.15) is 0 Å². The molecule has 1 aromatic heterocycles. The van der Waals surface area contributed by atoms with Crippen LogP contribution in [0.15, 0.2) is 48.7 Å². The second-order valence-electron chi connectivity index (χ2n) is 6.65. The summed E-state index contributed by atoms with van der Waals surface area (Å²) in [6.07, 6.45) is 6.40. The lowest BCUT2D eigenvalue weighted by atomic mass is 10.1. The number of nitrogens with two attached hydrogens (primary N) is 1. The summed E-state index contributed by atoms with van der Waals surface area (Å²) in [5.74, 6) is 1.09. The number of aromatic nitrogens is 2. The zero-order valence-electron chi connectivity index (χ0n) is 14.7. The summed E-state index contributed by atoms with van der Waals surface area (Å²) in [6.45, 7) is 1.64. The highest BCUT2D eigenvalue weighted by Gasteiger charge is 2.11. The Morgan fingerprint density at radius 2 is 1.92 bits per heavy atom. The van der Waals surface area contributed by atoms with Crippen molar-refractivity contribution in [1.29, 1.82) is 0 Å². The van der Waals surface area contributed by atoms with E-state index in [0.29, 0.717) is 6.42 Å². The van der Waals surface area contributed by atoms with Gasteiger partial charge in [0.15, 0.2) is 0 Å². The predicted octanol–water partition coefficient (Wildman–Crippen LogP) is 4.77. The number of imidazole rings is 1. The molecule has 25 heavy (non-hydrogen) atoms. The maximum Gasteiger partial charge on any atom is 0.129 e. The van der Waals surface area contributed by atoms with Crippen LogP contribution in [0.4, 0.5) is 0 Å². The number of unbranched alkanes of at least 4 members (excludes halogenated alkanes) is 2. The minimum atomic E-state index is -0.0912. The molecule has 0 unspecified atom stereocenters. The molecule has 0 aliphatic rings. The molecule has 4 heteroatoms. The van der Waals surface area contributed by atoms with Crippen molar-refractivity contribution in [1.82, 2.24) is 9.97 Å². The van der Waals surface area contributed by atoms with Crippen LogP contribution in [0, 0.1) is 0 Å². The lowest BCUT2D eigenvalue weighted by Gasteiger charge is -2.08. The summed E-state index contributed by atoms with van der Waals surface area (Å²) in [7, 11) is 0. The number of carbonyl (C=O) groups is 1. The first-order valence-corrected chi connectivity index (χ1v) is 8.92. The van der Waals surface area contributed by atoms with Crippen LogP contribution in [0.3, 0.4) is 0 Å². The number of hydrogen-bond acceptors (Lipinski definition) is 3. The fourth-order valence-electron chi connectivity index (χ4n) is 3.08. The minimum Gasteiger partial charge on any atom is -0.341 e. The van der Waals surface area contributed by atoms with E-state index in [1.807, 2.05) is 18.3 Å². The molecule has 0 saturated heterocycles. The molecule has 0 aliphatic heterocycles. The molecule has 0 aliphatic carbocycles. The SMILES string of the molecule is CC(=O)CCCCC[C@H](N)c1ncc(-c2ccc3ccccc3c2)[nH]1. The number of carbonyl (C=O) groups excluding carboxylic acids is 1. The molecular formula is C21H25N3O. The summed E-state index contributed by atoms with van der Waals surface area (Å²) in [4.78, 5) is 18.8. The smallest absolute Gasteiger partial charge is 0.129 e. The summed E-state index contributed by atoms with van der Waals surface area (Å²) in [5, 5.41) is 2.44. The number of aromatic amines is 1. The van der Waals surface area contributed by atoms with E-state index in [4.69, 9.17) is 5.73 Å². The van der Waals surface area contributed by atoms with E-state index in [0.717, 1.165) is 42.8 Å². The molecule has 2 aromatic carbocycles. The Labute approximate surface area is 148 Å². The quantitative estimate of drug-likeness (QED) is 0.582. The van der Waals surface area contributed by atoms with Gasteiger partial charge in [0.1, 0.15) is 11.6 Å². The van der Waals surface area contributed by atoms with Gasteiger partial charge >= 0.3 is 0 Å². The molecule has 3 N–H and O–H groups in total. The van der Waals surface area contributed by atoms with Crippen LogP contribution in [0.2, 0.25) is 0 Å². The minimum absolute atomic E-state index is 0.0912. The topological polar surface area (TPSA) is 71.8 Å². The number of H-pyrrole nitrogens is 1. The van der Waals surface area contributed by atoms with Crippen LogP contribution in [-0.2, 0) is 4.79 Å². The van der Waals surface area contributed by atoms with Crippen LogP contribution in [0.1, 0.15) is 50.9 Å². The van der Waals surface area contributed by atoms with Gasteiger partial charge < -0.3 is 15.5 Å². The average Bonchev–Trinajstić information content (AvgIpc) is 3.11. The van der Waals surface area contributed by atoms with Crippen LogP contribution in [0.25, 0.3) is 22.0 Å². The first-order chi connectivity index (χ1) is 12.1. The first-order valence-electron chi connectivity index (χ1n) is 8.92. The lowest BCUT2D eigenvalue weighted by Crippen LogP contribution is -2.12. The molecule has 1 heterocycles. The van der Waals surface area contributed by atoms with E-state index in [1.54, 1.807) is 6.92 Å². The Balaban J connectivity index is 1.61. The van der Waals surface area contributed by atoms with Gasteiger partial charge in [0.2, 0.25) is 0 Å². The third-order valence-corrected chi connectivity index (χ3v) is 4.55. The zero-order chi connectivity index (χ0) is 17.6. The van der Waals surface area contributed by atoms with Crippen molar-refractivity contribution in [2.45, 2.75) is 45.1 Å². The van der Waals surface area contributed by atoms with E-state index in [-0.39, 0.29) is 11.8 Å². The maximum atomic E-state index is 10.9. The Kier molecular flexibility index (Phi) is 5.61. The van der Waals surface area contributed by atoms with Gasteiger partial charge in [-0.15, -0.1) is 0 Å². The highest BCUT2D eigenvalue weighted by molar-refractivity contribution is 5.86. The fourth-order valence-corrected chi connectivity index (χ4v) is 3.08. The van der Waals surface area contributed by atoms with Gasteiger partial charge in [-0.3, -0.25) is 0 Å². The van der Waals surface area contributed by atoms with Crippen molar-refractivity contribution in [3.8, 4) is 11.3 Å². The van der Waals surface area contributed by atoms with E-state index in [9.17, 15) is 4.79 Å². The van der Waals surface area contributed by atoms with Gasteiger partial charge in [-0.25, -0.2) is 4.98 Å². The lowest BCUT2D eigenvalue weighted by molar-refractivity contribution is -0.117. The number of benzene rings is 2. The number of hydrogen-bond donors (Lipinski definition) is 2. The third-order valence-electron chi connectivity index (χ3n) is 4.55. The van der Waals surface area contributed by atoms with E-state index < -0.39 is 0 Å². The molecule has 3 aromatic rings. The van der Waals surface area contributed by atoms with Crippen molar-refractivity contribution in [3.05, 3.63) is 54.5 Å². The average molecular weight is 335 g/mol. The van der Waals surface area contributed by atoms with Crippen molar-refractivity contribution >= 4 is 16.6 Å². The first kappa shape index (κ1) is 17.4. The molecule has 130 valence electrons. The van der Waals surface area contributed by atoms with Gasteiger partial charge in [-0.1, -0.05) is 49.2 Å². The van der Waals surface area contributed by atoms with E-state index in [2.05, 4.69) is 40.3 Å². The monoisotopic (exact) mass is 335 g/mol. The second kappa shape index (κ2) is 8.08. The van der Waals surface area contributed by atoms with Crippen molar-refractivity contribution < 1.29 is 4.79 Å². The molecular weight excluding hydrogens is 310 g/mol. The van der Waals surface area contributed by atoms with Gasteiger partial charge in [0, 0.05) is 12.0 Å². The maximum absolute atomic E-state index is 10.9. The van der Waals surface area contributed by atoms with E-state index in [1.165, 1.54) is 10.8 Å². The van der Waals surface area contributed by atoms with Gasteiger partial charge in [0.05, 0.1) is 17.9 Å². The summed E-state index contributed by atoms with van der Waals surface area (Å²) < 4.78 is 0. The molecule has 0 fully saturated rings. The third kappa shape index (κ3) is 4.54. The molecule has 3 rings (SSSR count). The number of Topliss-reactive ketones (excluding diaryl/α,β-unsaturated/α-hetero) is 1. The number of nitrogens with one attached hydrogen (secondary N) is 1. The van der Waals surface area contributed by atoms with Crippen LogP contribution < -0.4 is 5.73 Å². The molecule has 0 bridgehead atoms. The molecule has 1 atom stereocenters. The number of ketones is 1. The summed E-state index contributed by atoms with van der Waals surface area (Å²) in [5.41, 5.74) is 8.37. The van der Waals surface area contributed by atoms with Gasteiger partial charge in [-0.05, 0) is 36.6 Å².